The third-order valence-corrected chi connectivity index (χ3v) is 7.40. The van der Waals surface area contributed by atoms with Gasteiger partial charge >= 0.3 is 0 Å². The molecule has 1 aromatic rings. The standard InChI is InChI=1S/C15H22FNO2S2/c1-11-9-13(16)10-12(2)14(11)21(18,19)17-6-5-15(3,4)20-8-7-17/h9-10H,5-8H2,1-4H3. The topological polar surface area (TPSA) is 37.4 Å². The second-order valence-electron chi connectivity index (χ2n) is 6.13. The largest absolute Gasteiger partial charge is 0.243 e. The van der Waals surface area contributed by atoms with Gasteiger partial charge in [0, 0.05) is 23.6 Å². The number of rotatable bonds is 2. The maximum absolute atomic E-state index is 13.4. The number of thioether (sulfide) groups is 1. The van der Waals surface area contributed by atoms with Crippen LogP contribution in [-0.2, 0) is 10.0 Å². The highest BCUT2D eigenvalue weighted by molar-refractivity contribution is 8.00. The molecule has 0 aliphatic carbocycles. The van der Waals surface area contributed by atoms with E-state index in [9.17, 15) is 12.8 Å². The summed E-state index contributed by atoms with van der Waals surface area (Å²) in [7, 11) is -3.56. The Morgan fingerprint density at radius 3 is 2.33 bits per heavy atom. The van der Waals surface area contributed by atoms with Crippen molar-refractivity contribution in [3.63, 3.8) is 0 Å². The summed E-state index contributed by atoms with van der Waals surface area (Å²) in [5.41, 5.74) is 0.951. The Hall–Kier alpha value is -0.590. The van der Waals surface area contributed by atoms with Crippen LogP contribution in [-0.4, -0.2) is 36.3 Å². The van der Waals surface area contributed by atoms with Crippen molar-refractivity contribution in [3.05, 3.63) is 29.1 Å². The lowest BCUT2D eigenvalue weighted by molar-refractivity contribution is 0.414. The van der Waals surface area contributed by atoms with Crippen LogP contribution in [0.25, 0.3) is 0 Å². The average molecular weight is 331 g/mol. The Morgan fingerprint density at radius 1 is 1.19 bits per heavy atom. The first-order valence-electron chi connectivity index (χ1n) is 7.04. The average Bonchev–Trinajstić information content (AvgIpc) is 2.48. The van der Waals surface area contributed by atoms with E-state index in [2.05, 4.69) is 13.8 Å². The maximum Gasteiger partial charge on any atom is 0.243 e. The van der Waals surface area contributed by atoms with Crippen molar-refractivity contribution in [1.82, 2.24) is 4.31 Å². The normalized spacial score (nSPS) is 20.2. The van der Waals surface area contributed by atoms with Crippen LogP contribution in [0.3, 0.4) is 0 Å². The van der Waals surface area contributed by atoms with Crippen LogP contribution in [0.1, 0.15) is 31.4 Å². The first-order valence-corrected chi connectivity index (χ1v) is 9.47. The van der Waals surface area contributed by atoms with Gasteiger partial charge in [0.2, 0.25) is 10.0 Å². The minimum absolute atomic E-state index is 0.0944. The molecule has 6 heteroatoms. The van der Waals surface area contributed by atoms with Gasteiger partial charge in [-0.25, -0.2) is 12.8 Å². The minimum Gasteiger partial charge on any atom is -0.207 e. The van der Waals surface area contributed by atoms with Crippen LogP contribution in [0.15, 0.2) is 17.0 Å². The van der Waals surface area contributed by atoms with Gasteiger partial charge in [0.25, 0.3) is 0 Å². The van der Waals surface area contributed by atoms with Crippen molar-refractivity contribution < 1.29 is 12.8 Å². The summed E-state index contributed by atoms with van der Waals surface area (Å²) < 4.78 is 40.8. The molecule has 3 nitrogen and oxygen atoms in total. The van der Waals surface area contributed by atoms with Gasteiger partial charge in [0.1, 0.15) is 5.82 Å². The van der Waals surface area contributed by atoms with E-state index in [1.807, 2.05) is 0 Å². The highest BCUT2D eigenvalue weighted by atomic mass is 32.2. The van der Waals surface area contributed by atoms with Crippen LogP contribution >= 0.6 is 11.8 Å². The number of aryl methyl sites for hydroxylation is 2. The van der Waals surface area contributed by atoms with Gasteiger partial charge < -0.3 is 0 Å². The molecule has 0 unspecified atom stereocenters. The zero-order valence-electron chi connectivity index (χ0n) is 12.9. The molecule has 1 heterocycles. The van der Waals surface area contributed by atoms with E-state index >= 15 is 0 Å². The summed E-state index contributed by atoms with van der Waals surface area (Å²) in [6.45, 7) is 8.61. The van der Waals surface area contributed by atoms with E-state index in [0.717, 1.165) is 12.2 Å². The molecule has 1 aliphatic heterocycles. The van der Waals surface area contributed by atoms with Crippen LogP contribution in [0.5, 0.6) is 0 Å². The number of hydrogen-bond donors (Lipinski definition) is 0. The summed E-state index contributed by atoms with van der Waals surface area (Å²) in [5.74, 6) is 0.391. The van der Waals surface area contributed by atoms with Gasteiger partial charge in [-0.05, 0) is 43.5 Å². The summed E-state index contributed by atoms with van der Waals surface area (Å²) in [6.07, 6.45) is 0.816. The number of nitrogens with zero attached hydrogens (tertiary/aromatic N) is 1. The summed E-state index contributed by atoms with van der Waals surface area (Å²) in [5, 5.41) is 0. The van der Waals surface area contributed by atoms with E-state index < -0.39 is 15.8 Å². The monoisotopic (exact) mass is 331 g/mol. The fraction of sp³-hybridized carbons (Fsp3) is 0.600. The molecule has 1 fully saturated rings. The van der Waals surface area contributed by atoms with Gasteiger partial charge in [-0.15, -0.1) is 0 Å². The van der Waals surface area contributed by atoms with E-state index in [1.165, 1.54) is 12.1 Å². The molecule has 0 aromatic heterocycles. The highest BCUT2D eigenvalue weighted by Crippen LogP contribution is 2.33. The molecule has 0 N–H and O–H groups in total. The zero-order valence-corrected chi connectivity index (χ0v) is 14.6. The summed E-state index contributed by atoms with van der Waals surface area (Å²) in [6, 6.07) is 2.58. The Bertz CT molecular complexity index is 618. The van der Waals surface area contributed by atoms with Crippen molar-refractivity contribution in [2.45, 2.75) is 43.8 Å². The lowest BCUT2D eigenvalue weighted by Crippen LogP contribution is -2.34. The van der Waals surface area contributed by atoms with Crippen molar-refractivity contribution in [1.29, 1.82) is 0 Å². The second kappa shape index (κ2) is 5.89. The SMILES string of the molecule is Cc1cc(F)cc(C)c1S(=O)(=O)N1CCSC(C)(C)CC1. The number of hydrogen-bond acceptors (Lipinski definition) is 3. The second-order valence-corrected chi connectivity index (χ2v) is 9.81. The van der Waals surface area contributed by atoms with E-state index in [-0.39, 0.29) is 9.64 Å². The van der Waals surface area contributed by atoms with Crippen molar-refractivity contribution >= 4 is 21.8 Å². The number of halogens is 1. The lowest BCUT2D eigenvalue weighted by Gasteiger charge is -2.23. The molecule has 118 valence electrons. The first-order chi connectivity index (χ1) is 9.63. The summed E-state index contributed by atoms with van der Waals surface area (Å²) >= 11 is 1.80. The van der Waals surface area contributed by atoms with Gasteiger partial charge in [-0.1, -0.05) is 13.8 Å². The number of sulfonamides is 1. The fourth-order valence-electron chi connectivity index (χ4n) is 2.68. The minimum atomic E-state index is -3.56. The molecule has 0 atom stereocenters. The molecule has 0 radical (unpaired) electrons. The molecule has 1 aliphatic rings. The third-order valence-electron chi connectivity index (χ3n) is 3.82. The highest BCUT2D eigenvalue weighted by Gasteiger charge is 2.32. The van der Waals surface area contributed by atoms with E-state index in [4.69, 9.17) is 0 Å². The Labute approximate surface area is 131 Å². The zero-order chi connectivity index (χ0) is 15.8. The van der Waals surface area contributed by atoms with Crippen LogP contribution in [0.2, 0.25) is 0 Å². The molecular weight excluding hydrogens is 309 g/mol. The summed E-state index contributed by atoms with van der Waals surface area (Å²) in [4.78, 5) is 0.258. The quantitative estimate of drug-likeness (QED) is 0.834. The lowest BCUT2D eigenvalue weighted by atomic mass is 10.1. The first kappa shape index (κ1) is 16.8. The molecule has 0 saturated carbocycles. The van der Waals surface area contributed by atoms with Gasteiger partial charge in [-0.2, -0.15) is 16.1 Å². The van der Waals surface area contributed by atoms with Gasteiger partial charge in [0.15, 0.2) is 0 Å². The van der Waals surface area contributed by atoms with Crippen LogP contribution in [0, 0.1) is 19.7 Å². The fourth-order valence-corrected chi connectivity index (χ4v) is 5.74. The molecule has 1 saturated heterocycles. The molecule has 0 bridgehead atoms. The van der Waals surface area contributed by atoms with Crippen LogP contribution in [0.4, 0.5) is 4.39 Å². The van der Waals surface area contributed by atoms with Crippen LogP contribution < -0.4 is 0 Å². The molecule has 1 aromatic carbocycles. The predicted octanol–water partition coefficient (Wildman–Crippen LogP) is 3.35. The van der Waals surface area contributed by atoms with Crippen molar-refractivity contribution in [3.8, 4) is 0 Å². The van der Waals surface area contributed by atoms with Gasteiger partial charge in [0.05, 0.1) is 4.90 Å². The Morgan fingerprint density at radius 2 is 1.76 bits per heavy atom. The molecule has 21 heavy (non-hydrogen) atoms. The molecular formula is C15H22FNO2S2. The van der Waals surface area contributed by atoms with Crippen molar-refractivity contribution in [2.24, 2.45) is 0 Å². The van der Waals surface area contributed by atoms with Crippen molar-refractivity contribution in [2.75, 3.05) is 18.8 Å². The maximum atomic E-state index is 13.4. The molecule has 2 rings (SSSR count). The Kier molecular flexibility index (Phi) is 4.71. The third kappa shape index (κ3) is 3.60. The Balaban J connectivity index is 2.39. The number of benzene rings is 1. The molecule has 0 spiro atoms. The van der Waals surface area contributed by atoms with E-state index in [0.29, 0.717) is 24.2 Å². The smallest absolute Gasteiger partial charge is 0.207 e. The van der Waals surface area contributed by atoms with Gasteiger partial charge in [-0.3, -0.25) is 0 Å². The predicted molar refractivity (Wildman–Crippen MR) is 85.8 cm³/mol. The van der Waals surface area contributed by atoms with E-state index in [1.54, 1.807) is 29.9 Å². The molecule has 0 amide bonds.